The maximum Gasteiger partial charge on any atom is 0.0788 e. The van der Waals surface area contributed by atoms with Gasteiger partial charge in [0.2, 0.25) is 0 Å². The number of nitrogens with one attached hydrogen (secondary N) is 1. The van der Waals surface area contributed by atoms with Crippen LogP contribution in [0.5, 0.6) is 0 Å². The van der Waals surface area contributed by atoms with Crippen molar-refractivity contribution in [3.8, 4) is 0 Å². The minimum absolute atomic E-state index is 0.116. The van der Waals surface area contributed by atoms with Gasteiger partial charge in [0.1, 0.15) is 0 Å². The van der Waals surface area contributed by atoms with Crippen LogP contribution in [0.4, 0.5) is 0 Å². The minimum atomic E-state index is 0.116. The maximum absolute atomic E-state index is 5.83. The van der Waals surface area contributed by atoms with Crippen LogP contribution < -0.4 is 11.3 Å². The highest BCUT2D eigenvalue weighted by Crippen LogP contribution is 2.37. The average molecular weight is 256 g/mol. The lowest BCUT2D eigenvalue weighted by molar-refractivity contribution is -0.0341. The van der Waals surface area contributed by atoms with E-state index in [0.717, 1.165) is 5.92 Å². The molecule has 4 atom stereocenters. The molecule has 1 aliphatic carbocycles. The number of rotatable bonds is 5. The standard InChI is InChI=1S/C15H32N2O/c1-6-11-8-7-9-12(10-11)13(17-16)14(18-5)15(2,3)4/h11-14,17H,6-10,16H2,1-5H3. The van der Waals surface area contributed by atoms with E-state index in [1.54, 1.807) is 7.11 Å². The molecule has 0 aromatic heterocycles. The third-order valence-electron chi connectivity index (χ3n) is 4.53. The Morgan fingerprint density at radius 3 is 2.44 bits per heavy atom. The van der Waals surface area contributed by atoms with E-state index in [1.807, 2.05) is 0 Å². The largest absolute Gasteiger partial charge is 0.379 e. The van der Waals surface area contributed by atoms with Crippen LogP contribution >= 0.6 is 0 Å². The first kappa shape index (κ1) is 15.9. The van der Waals surface area contributed by atoms with Crippen molar-refractivity contribution >= 4 is 0 Å². The number of hydrogen-bond acceptors (Lipinski definition) is 3. The highest BCUT2D eigenvalue weighted by molar-refractivity contribution is 4.91. The summed E-state index contributed by atoms with van der Waals surface area (Å²) in [6.45, 7) is 8.98. The number of ether oxygens (including phenoxy) is 1. The molecule has 0 aliphatic heterocycles. The summed E-state index contributed by atoms with van der Waals surface area (Å²) >= 11 is 0. The van der Waals surface area contributed by atoms with Gasteiger partial charge in [0.15, 0.2) is 0 Å². The molecule has 0 heterocycles. The number of methoxy groups -OCH3 is 1. The fourth-order valence-corrected chi connectivity index (χ4v) is 3.54. The summed E-state index contributed by atoms with van der Waals surface area (Å²) in [7, 11) is 1.81. The second-order valence-corrected chi connectivity index (χ2v) is 6.92. The van der Waals surface area contributed by atoms with Gasteiger partial charge in [0.25, 0.3) is 0 Å². The zero-order valence-corrected chi connectivity index (χ0v) is 12.8. The van der Waals surface area contributed by atoms with Gasteiger partial charge in [0.05, 0.1) is 12.1 Å². The van der Waals surface area contributed by atoms with Gasteiger partial charge in [-0.25, -0.2) is 0 Å². The van der Waals surface area contributed by atoms with E-state index in [0.29, 0.717) is 5.92 Å². The van der Waals surface area contributed by atoms with E-state index < -0.39 is 0 Å². The zero-order chi connectivity index (χ0) is 13.8. The van der Waals surface area contributed by atoms with Crippen LogP contribution in [0.1, 0.15) is 59.8 Å². The summed E-state index contributed by atoms with van der Waals surface area (Å²) in [4.78, 5) is 0. The van der Waals surface area contributed by atoms with Gasteiger partial charge in [-0.2, -0.15) is 0 Å². The molecule has 0 amide bonds. The third kappa shape index (κ3) is 3.94. The van der Waals surface area contributed by atoms with Crippen LogP contribution in [0.3, 0.4) is 0 Å². The zero-order valence-electron chi connectivity index (χ0n) is 12.8. The quantitative estimate of drug-likeness (QED) is 0.587. The van der Waals surface area contributed by atoms with Gasteiger partial charge in [-0.05, 0) is 30.1 Å². The molecule has 18 heavy (non-hydrogen) atoms. The summed E-state index contributed by atoms with van der Waals surface area (Å²) < 4.78 is 5.75. The lowest BCUT2D eigenvalue weighted by Crippen LogP contribution is -2.55. The molecule has 0 aromatic carbocycles. The normalized spacial score (nSPS) is 29.0. The smallest absolute Gasteiger partial charge is 0.0788 e. The van der Waals surface area contributed by atoms with Gasteiger partial charge in [-0.15, -0.1) is 0 Å². The molecule has 3 nitrogen and oxygen atoms in total. The monoisotopic (exact) mass is 256 g/mol. The minimum Gasteiger partial charge on any atom is -0.379 e. The van der Waals surface area contributed by atoms with Gasteiger partial charge >= 0.3 is 0 Å². The molecule has 0 spiro atoms. The lowest BCUT2D eigenvalue weighted by Gasteiger charge is -2.42. The van der Waals surface area contributed by atoms with E-state index in [-0.39, 0.29) is 17.6 Å². The van der Waals surface area contributed by atoms with Crippen molar-refractivity contribution in [2.45, 2.75) is 71.9 Å². The molecule has 0 bridgehead atoms. The highest BCUT2D eigenvalue weighted by atomic mass is 16.5. The molecule has 4 unspecified atom stereocenters. The van der Waals surface area contributed by atoms with E-state index >= 15 is 0 Å². The average Bonchev–Trinajstić information content (AvgIpc) is 2.34. The Morgan fingerprint density at radius 2 is 2.00 bits per heavy atom. The van der Waals surface area contributed by atoms with E-state index in [2.05, 4.69) is 33.1 Å². The summed E-state index contributed by atoms with van der Waals surface area (Å²) in [6, 6.07) is 0.268. The molecule has 0 radical (unpaired) electrons. The number of hydrazine groups is 1. The predicted octanol–water partition coefficient (Wildman–Crippen LogP) is 3.10. The predicted molar refractivity (Wildman–Crippen MR) is 77.1 cm³/mol. The van der Waals surface area contributed by atoms with Gasteiger partial charge < -0.3 is 4.74 Å². The fourth-order valence-electron chi connectivity index (χ4n) is 3.54. The fraction of sp³-hybridized carbons (Fsp3) is 1.00. The van der Waals surface area contributed by atoms with Crippen molar-refractivity contribution in [1.29, 1.82) is 0 Å². The van der Waals surface area contributed by atoms with Crippen molar-refractivity contribution < 1.29 is 4.74 Å². The molecule has 1 saturated carbocycles. The molecule has 3 N–H and O–H groups in total. The van der Waals surface area contributed by atoms with Crippen molar-refractivity contribution in [3.63, 3.8) is 0 Å². The molecule has 0 saturated heterocycles. The Labute approximate surface area is 113 Å². The Hall–Kier alpha value is -0.120. The first-order valence-corrected chi connectivity index (χ1v) is 7.42. The highest BCUT2D eigenvalue weighted by Gasteiger charge is 2.38. The Balaban J connectivity index is 2.74. The summed E-state index contributed by atoms with van der Waals surface area (Å²) in [5.41, 5.74) is 3.16. The molecule has 1 fully saturated rings. The number of hydrogen-bond donors (Lipinski definition) is 2. The SMILES string of the molecule is CCC1CCCC(C(NN)C(OC)C(C)(C)C)C1. The summed E-state index contributed by atoms with van der Waals surface area (Å²) in [5, 5.41) is 0. The van der Waals surface area contributed by atoms with Crippen LogP contribution in [0.25, 0.3) is 0 Å². The van der Waals surface area contributed by atoms with Crippen molar-refractivity contribution in [2.24, 2.45) is 23.1 Å². The Kier molecular flexibility index (Phi) is 6.09. The van der Waals surface area contributed by atoms with E-state index in [9.17, 15) is 0 Å². The molecular weight excluding hydrogens is 224 g/mol. The van der Waals surface area contributed by atoms with Gasteiger partial charge in [-0.1, -0.05) is 47.0 Å². The number of nitrogens with two attached hydrogens (primary N) is 1. The second-order valence-electron chi connectivity index (χ2n) is 6.92. The first-order valence-electron chi connectivity index (χ1n) is 7.42. The lowest BCUT2D eigenvalue weighted by atomic mass is 9.72. The summed E-state index contributed by atoms with van der Waals surface area (Å²) in [5.74, 6) is 7.36. The van der Waals surface area contributed by atoms with Crippen molar-refractivity contribution in [2.75, 3.05) is 7.11 Å². The second kappa shape index (κ2) is 6.88. The Morgan fingerprint density at radius 1 is 1.33 bits per heavy atom. The van der Waals surface area contributed by atoms with Crippen LogP contribution in [0, 0.1) is 17.3 Å². The van der Waals surface area contributed by atoms with Crippen molar-refractivity contribution in [1.82, 2.24) is 5.43 Å². The molecule has 1 aliphatic rings. The van der Waals surface area contributed by atoms with Crippen LogP contribution in [0.15, 0.2) is 0 Å². The third-order valence-corrected chi connectivity index (χ3v) is 4.53. The first-order chi connectivity index (χ1) is 8.43. The Bertz CT molecular complexity index is 237. The van der Waals surface area contributed by atoms with Crippen molar-refractivity contribution in [3.05, 3.63) is 0 Å². The van der Waals surface area contributed by atoms with Crippen LogP contribution in [-0.4, -0.2) is 19.3 Å². The van der Waals surface area contributed by atoms with Crippen LogP contribution in [-0.2, 0) is 4.74 Å². The van der Waals surface area contributed by atoms with E-state index in [1.165, 1.54) is 32.1 Å². The maximum atomic E-state index is 5.83. The van der Waals surface area contributed by atoms with E-state index in [4.69, 9.17) is 10.6 Å². The molecule has 3 heteroatoms. The molecule has 0 aromatic rings. The van der Waals surface area contributed by atoms with Crippen LogP contribution in [0.2, 0.25) is 0 Å². The van der Waals surface area contributed by atoms with Gasteiger partial charge in [-0.3, -0.25) is 11.3 Å². The topological polar surface area (TPSA) is 47.3 Å². The molecular formula is C15H32N2O. The van der Waals surface area contributed by atoms with Gasteiger partial charge in [0, 0.05) is 7.11 Å². The summed E-state index contributed by atoms with van der Waals surface area (Å²) in [6.07, 6.45) is 6.76. The molecule has 1 rings (SSSR count). The molecule has 108 valence electrons.